The number of hydrogen-bond donors (Lipinski definition) is 2. The number of rotatable bonds is 7. The second-order valence-electron chi connectivity index (χ2n) is 5.80. The lowest BCUT2D eigenvalue weighted by Gasteiger charge is -2.18. The Labute approximate surface area is 173 Å². The van der Waals surface area contributed by atoms with Crippen LogP contribution in [-0.2, 0) is 4.79 Å². The van der Waals surface area contributed by atoms with E-state index in [4.69, 9.17) is 0 Å². The second kappa shape index (κ2) is 8.68. The van der Waals surface area contributed by atoms with Gasteiger partial charge in [-0.25, -0.2) is 9.37 Å². The van der Waals surface area contributed by atoms with Gasteiger partial charge in [-0.05, 0) is 40.6 Å². The summed E-state index contributed by atoms with van der Waals surface area (Å²) >= 11 is 4.38. The number of nitrogens with one attached hydrogen (secondary N) is 2. The Balaban J connectivity index is 1.41. The Hall–Kier alpha value is -2.49. The van der Waals surface area contributed by atoms with Gasteiger partial charge in [0.25, 0.3) is 0 Å². The molecule has 3 aromatic heterocycles. The fourth-order valence-electron chi connectivity index (χ4n) is 2.60. The molecule has 2 N–H and O–H groups in total. The zero-order valence-electron chi connectivity index (χ0n) is 14.5. The molecule has 1 amide bonds. The summed E-state index contributed by atoms with van der Waals surface area (Å²) in [6.45, 7) is 0. The number of hydrogen-bond acceptors (Lipinski definition) is 6. The van der Waals surface area contributed by atoms with Gasteiger partial charge in [0.1, 0.15) is 5.82 Å². The van der Waals surface area contributed by atoms with E-state index in [-0.39, 0.29) is 23.5 Å². The largest absolute Gasteiger partial charge is 0.344 e. The topological polar surface area (TPSA) is 70.7 Å². The molecule has 142 valence electrons. The van der Waals surface area contributed by atoms with Gasteiger partial charge in [0.05, 0.1) is 16.7 Å². The van der Waals surface area contributed by atoms with Crippen molar-refractivity contribution in [3.05, 3.63) is 75.5 Å². The molecular formula is C19H15FN4OS3. The molecule has 3 heterocycles. The van der Waals surface area contributed by atoms with Crippen LogP contribution in [0.25, 0.3) is 10.7 Å². The Morgan fingerprint density at radius 1 is 1.14 bits per heavy atom. The highest BCUT2D eigenvalue weighted by Crippen LogP contribution is 2.27. The molecule has 0 saturated carbocycles. The van der Waals surface area contributed by atoms with E-state index in [0.717, 1.165) is 15.3 Å². The smallest absolute Gasteiger partial charge is 0.231 e. The molecule has 0 saturated heterocycles. The van der Waals surface area contributed by atoms with Crippen LogP contribution in [-0.4, -0.2) is 26.8 Å². The maximum atomic E-state index is 13.3. The first-order valence-electron chi connectivity index (χ1n) is 8.36. The van der Waals surface area contributed by atoms with E-state index < -0.39 is 0 Å². The molecule has 0 bridgehead atoms. The van der Waals surface area contributed by atoms with Crippen molar-refractivity contribution in [1.82, 2.24) is 20.5 Å². The van der Waals surface area contributed by atoms with Crippen LogP contribution in [0.5, 0.6) is 0 Å². The predicted octanol–water partition coefficient (Wildman–Crippen LogP) is 4.73. The Morgan fingerprint density at radius 2 is 1.93 bits per heavy atom. The maximum absolute atomic E-state index is 13.3. The third kappa shape index (κ3) is 4.49. The van der Waals surface area contributed by atoms with Crippen molar-refractivity contribution in [2.24, 2.45) is 0 Å². The van der Waals surface area contributed by atoms with Gasteiger partial charge < -0.3 is 5.32 Å². The SMILES string of the molecule is O=C(CSc1n[nH]c(-c2cccs2)n1)N[C@@H](c1ccc(F)cc1)c1cccs1. The first kappa shape index (κ1) is 18.9. The molecule has 4 aromatic rings. The van der Waals surface area contributed by atoms with Gasteiger partial charge in [-0.2, -0.15) is 0 Å². The third-order valence-electron chi connectivity index (χ3n) is 3.89. The lowest BCUT2D eigenvalue weighted by atomic mass is 10.1. The number of benzene rings is 1. The minimum Gasteiger partial charge on any atom is -0.344 e. The fraction of sp³-hybridized carbons (Fsp3) is 0.105. The molecule has 28 heavy (non-hydrogen) atoms. The lowest BCUT2D eigenvalue weighted by Crippen LogP contribution is -2.30. The molecular weight excluding hydrogens is 415 g/mol. The summed E-state index contributed by atoms with van der Waals surface area (Å²) < 4.78 is 13.3. The normalized spacial score (nSPS) is 12.0. The molecule has 9 heteroatoms. The zero-order chi connectivity index (χ0) is 19.3. The van der Waals surface area contributed by atoms with E-state index in [2.05, 4.69) is 20.5 Å². The Kier molecular flexibility index (Phi) is 5.84. The molecule has 1 atom stereocenters. The first-order chi connectivity index (χ1) is 13.7. The number of carbonyl (C=O) groups is 1. The van der Waals surface area contributed by atoms with Crippen LogP contribution in [0.15, 0.2) is 64.4 Å². The van der Waals surface area contributed by atoms with E-state index in [1.54, 1.807) is 34.8 Å². The quantitative estimate of drug-likeness (QED) is 0.416. The van der Waals surface area contributed by atoms with Crippen molar-refractivity contribution < 1.29 is 9.18 Å². The summed E-state index contributed by atoms with van der Waals surface area (Å²) in [5.41, 5.74) is 0.833. The van der Waals surface area contributed by atoms with Crippen molar-refractivity contribution in [2.45, 2.75) is 11.2 Å². The molecule has 5 nitrogen and oxygen atoms in total. The average molecular weight is 431 g/mol. The molecule has 4 rings (SSSR count). The molecule has 1 aromatic carbocycles. The minimum absolute atomic E-state index is 0.143. The summed E-state index contributed by atoms with van der Waals surface area (Å²) in [7, 11) is 0. The number of carbonyl (C=O) groups excluding carboxylic acids is 1. The van der Waals surface area contributed by atoms with Crippen LogP contribution in [0.1, 0.15) is 16.5 Å². The number of amides is 1. The lowest BCUT2D eigenvalue weighted by molar-refractivity contribution is -0.119. The number of thiophene rings is 2. The average Bonchev–Trinajstić information content (AvgIpc) is 3.47. The van der Waals surface area contributed by atoms with E-state index >= 15 is 0 Å². The number of aromatic nitrogens is 3. The summed E-state index contributed by atoms with van der Waals surface area (Å²) in [5.74, 6) is 0.433. The summed E-state index contributed by atoms with van der Waals surface area (Å²) in [4.78, 5) is 18.9. The summed E-state index contributed by atoms with van der Waals surface area (Å²) in [5, 5.41) is 14.5. The van der Waals surface area contributed by atoms with Crippen LogP contribution < -0.4 is 5.32 Å². The monoisotopic (exact) mass is 430 g/mol. The van der Waals surface area contributed by atoms with E-state index in [9.17, 15) is 9.18 Å². The van der Waals surface area contributed by atoms with Crippen LogP contribution in [0.2, 0.25) is 0 Å². The third-order valence-corrected chi connectivity index (χ3v) is 6.55. The highest BCUT2D eigenvalue weighted by molar-refractivity contribution is 7.99. The molecule has 0 spiro atoms. The Bertz CT molecular complexity index is 1030. The summed E-state index contributed by atoms with van der Waals surface area (Å²) in [6.07, 6.45) is 0. The number of nitrogens with zero attached hydrogens (tertiary/aromatic N) is 2. The highest BCUT2D eigenvalue weighted by atomic mass is 32.2. The predicted molar refractivity (Wildman–Crippen MR) is 111 cm³/mol. The van der Waals surface area contributed by atoms with E-state index in [0.29, 0.717) is 11.0 Å². The van der Waals surface area contributed by atoms with Crippen molar-refractivity contribution in [3.8, 4) is 10.7 Å². The summed E-state index contributed by atoms with van der Waals surface area (Å²) in [6, 6.07) is 13.6. The molecule has 0 fully saturated rings. The molecule has 0 aliphatic carbocycles. The second-order valence-corrected chi connectivity index (χ2v) is 8.67. The van der Waals surface area contributed by atoms with Crippen molar-refractivity contribution in [3.63, 3.8) is 0 Å². The van der Waals surface area contributed by atoms with Gasteiger partial charge in [0.15, 0.2) is 5.82 Å². The zero-order valence-corrected chi connectivity index (χ0v) is 16.9. The number of halogens is 1. The van der Waals surface area contributed by atoms with Crippen LogP contribution in [0.3, 0.4) is 0 Å². The number of H-pyrrole nitrogens is 1. The van der Waals surface area contributed by atoms with Crippen molar-refractivity contribution >= 4 is 40.3 Å². The highest BCUT2D eigenvalue weighted by Gasteiger charge is 2.19. The van der Waals surface area contributed by atoms with E-state index in [1.165, 1.54) is 23.9 Å². The maximum Gasteiger partial charge on any atom is 0.231 e. The first-order valence-corrected chi connectivity index (χ1v) is 11.1. The van der Waals surface area contributed by atoms with Crippen LogP contribution in [0.4, 0.5) is 4.39 Å². The fourth-order valence-corrected chi connectivity index (χ4v) is 4.67. The van der Waals surface area contributed by atoms with Gasteiger partial charge in [0, 0.05) is 4.88 Å². The standard InChI is InChI=1S/C19H15FN4OS3/c20-13-7-5-12(6-8-13)17(14-3-1-9-26-14)21-16(25)11-28-19-22-18(23-24-19)15-4-2-10-27-15/h1-10,17H,11H2,(H,21,25)(H,22,23,24)/t17-/m0/s1. The van der Waals surface area contributed by atoms with Gasteiger partial charge in [0.2, 0.25) is 11.1 Å². The van der Waals surface area contributed by atoms with Gasteiger partial charge in [-0.3, -0.25) is 9.89 Å². The van der Waals surface area contributed by atoms with Crippen molar-refractivity contribution in [1.29, 1.82) is 0 Å². The molecule has 0 aliphatic rings. The van der Waals surface area contributed by atoms with Crippen LogP contribution >= 0.6 is 34.4 Å². The number of thioether (sulfide) groups is 1. The van der Waals surface area contributed by atoms with E-state index in [1.807, 2.05) is 35.0 Å². The Morgan fingerprint density at radius 3 is 2.64 bits per heavy atom. The minimum atomic E-state index is -0.317. The molecule has 0 unspecified atom stereocenters. The molecule has 0 radical (unpaired) electrons. The number of aromatic amines is 1. The molecule has 0 aliphatic heterocycles. The van der Waals surface area contributed by atoms with Gasteiger partial charge in [-0.1, -0.05) is 36.0 Å². The van der Waals surface area contributed by atoms with Gasteiger partial charge in [-0.15, -0.1) is 27.8 Å². The van der Waals surface area contributed by atoms with Crippen molar-refractivity contribution in [2.75, 3.05) is 5.75 Å². The van der Waals surface area contributed by atoms with Gasteiger partial charge >= 0.3 is 0 Å². The van der Waals surface area contributed by atoms with Crippen LogP contribution in [0, 0.1) is 5.82 Å².